The van der Waals surface area contributed by atoms with Crippen LogP contribution in [0.15, 0.2) is 30.3 Å². The highest BCUT2D eigenvalue weighted by molar-refractivity contribution is 5.84. The third kappa shape index (κ3) is 3.44. The van der Waals surface area contributed by atoms with Crippen LogP contribution in [-0.2, 0) is 17.7 Å². The van der Waals surface area contributed by atoms with Crippen LogP contribution in [0.4, 0.5) is 0 Å². The van der Waals surface area contributed by atoms with E-state index in [-0.39, 0.29) is 5.82 Å². The highest BCUT2D eigenvalue weighted by Gasteiger charge is 2.16. The van der Waals surface area contributed by atoms with Crippen LogP contribution in [0.3, 0.4) is 0 Å². The zero-order chi connectivity index (χ0) is 14.4. The molecule has 5 nitrogen and oxygen atoms in total. The van der Waals surface area contributed by atoms with Gasteiger partial charge >= 0.3 is 5.97 Å². The minimum Gasteiger partial charge on any atom is -0.460 e. The maximum Gasteiger partial charge on any atom is 0.378 e. The predicted octanol–water partition coefficient (Wildman–Crippen LogP) is 2.46. The monoisotopic (exact) mass is 273 g/mol. The second-order valence-corrected chi connectivity index (χ2v) is 4.47. The molecular weight excluding hydrogens is 254 g/mol. The molecule has 0 N–H and O–H groups in total. The lowest BCUT2D eigenvalue weighted by Gasteiger charge is -2.04. The van der Waals surface area contributed by atoms with Gasteiger partial charge in [0.2, 0.25) is 0 Å². The lowest BCUT2D eigenvalue weighted by atomic mass is 10.2. The molecule has 5 heteroatoms. The van der Waals surface area contributed by atoms with Gasteiger partial charge in [0.15, 0.2) is 0 Å². The van der Waals surface area contributed by atoms with Crippen molar-refractivity contribution in [3.05, 3.63) is 47.5 Å². The summed E-state index contributed by atoms with van der Waals surface area (Å²) >= 11 is 0. The SMILES string of the molecule is CCCc1nc(C(=O)OCC)nn1Cc1ccccc1. The van der Waals surface area contributed by atoms with E-state index in [4.69, 9.17) is 4.74 Å². The molecule has 2 aromatic rings. The Bertz CT molecular complexity index is 564. The van der Waals surface area contributed by atoms with Crippen LogP contribution in [0.2, 0.25) is 0 Å². The summed E-state index contributed by atoms with van der Waals surface area (Å²) in [5.74, 6) is 0.502. The molecule has 20 heavy (non-hydrogen) atoms. The predicted molar refractivity (Wildman–Crippen MR) is 75.5 cm³/mol. The van der Waals surface area contributed by atoms with Crippen molar-refractivity contribution in [1.29, 1.82) is 0 Å². The average Bonchev–Trinajstić information content (AvgIpc) is 2.84. The normalized spacial score (nSPS) is 10.5. The first kappa shape index (κ1) is 14.2. The van der Waals surface area contributed by atoms with Gasteiger partial charge in [-0.15, -0.1) is 5.10 Å². The first-order valence-electron chi connectivity index (χ1n) is 6.89. The van der Waals surface area contributed by atoms with Crippen LogP contribution < -0.4 is 0 Å². The van der Waals surface area contributed by atoms with Crippen molar-refractivity contribution in [2.45, 2.75) is 33.2 Å². The van der Waals surface area contributed by atoms with Gasteiger partial charge in [0.25, 0.3) is 5.82 Å². The van der Waals surface area contributed by atoms with Crippen LogP contribution in [-0.4, -0.2) is 27.3 Å². The van der Waals surface area contributed by atoms with Crippen molar-refractivity contribution in [1.82, 2.24) is 14.8 Å². The fraction of sp³-hybridized carbons (Fsp3) is 0.400. The van der Waals surface area contributed by atoms with E-state index in [2.05, 4.69) is 17.0 Å². The number of nitrogens with zero attached hydrogens (tertiary/aromatic N) is 3. The Kier molecular flexibility index (Phi) is 4.87. The van der Waals surface area contributed by atoms with E-state index < -0.39 is 5.97 Å². The number of rotatable bonds is 6. The fourth-order valence-corrected chi connectivity index (χ4v) is 1.95. The van der Waals surface area contributed by atoms with E-state index in [1.807, 2.05) is 30.3 Å². The van der Waals surface area contributed by atoms with Gasteiger partial charge < -0.3 is 4.74 Å². The number of carbonyl (C=O) groups is 1. The number of esters is 1. The van der Waals surface area contributed by atoms with Gasteiger partial charge in [-0.1, -0.05) is 37.3 Å². The van der Waals surface area contributed by atoms with Crippen molar-refractivity contribution >= 4 is 5.97 Å². The maximum atomic E-state index is 11.7. The molecule has 0 bridgehead atoms. The number of ether oxygens (including phenoxy) is 1. The van der Waals surface area contributed by atoms with Gasteiger partial charge in [0.1, 0.15) is 5.82 Å². The number of benzene rings is 1. The summed E-state index contributed by atoms with van der Waals surface area (Å²) in [6.45, 7) is 4.79. The summed E-state index contributed by atoms with van der Waals surface area (Å²) in [5, 5.41) is 4.27. The summed E-state index contributed by atoms with van der Waals surface area (Å²) in [4.78, 5) is 16.0. The average molecular weight is 273 g/mol. The Hall–Kier alpha value is -2.17. The highest BCUT2D eigenvalue weighted by Crippen LogP contribution is 2.08. The van der Waals surface area contributed by atoms with Crippen LogP contribution in [0.25, 0.3) is 0 Å². The second-order valence-electron chi connectivity index (χ2n) is 4.47. The van der Waals surface area contributed by atoms with Gasteiger partial charge in [0.05, 0.1) is 13.2 Å². The van der Waals surface area contributed by atoms with Gasteiger partial charge in [-0.25, -0.2) is 14.5 Å². The van der Waals surface area contributed by atoms with Gasteiger partial charge in [-0.2, -0.15) is 0 Å². The van der Waals surface area contributed by atoms with Crippen molar-refractivity contribution < 1.29 is 9.53 Å². The van der Waals surface area contributed by atoms with Crippen molar-refractivity contribution in [2.24, 2.45) is 0 Å². The molecule has 106 valence electrons. The highest BCUT2D eigenvalue weighted by atomic mass is 16.5. The Morgan fingerprint density at radius 2 is 2.00 bits per heavy atom. The molecule has 0 fully saturated rings. The van der Waals surface area contributed by atoms with Crippen LogP contribution in [0.5, 0.6) is 0 Å². The molecule has 0 aliphatic carbocycles. The molecule has 0 atom stereocenters. The van der Waals surface area contributed by atoms with Crippen molar-refractivity contribution in [3.63, 3.8) is 0 Å². The summed E-state index contributed by atoms with van der Waals surface area (Å²) in [6, 6.07) is 10.0. The summed E-state index contributed by atoms with van der Waals surface area (Å²) in [7, 11) is 0. The Balaban J connectivity index is 2.24. The first-order chi connectivity index (χ1) is 9.74. The molecule has 0 amide bonds. The van der Waals surface area contributed by atoms with Gasteiger partial charge in [0, 0.05) is 6.42 Å². The van der Waals surface area contributed by atoms with E-state index in [0.717, 1.165) is 24.2 Å². The largest absolute Gasteiger partial charge is 0.460 e. The van der Waals surface area contributed by atoms with Gasteiger partial charge in [-0.3, -0.25) is 0 Å². The summed E-state index contributed by atoms with van der Waals surface area (Å²) in [6.07, 6.45) is 1.75. The fourth-order valence-electron chi connectivity index (χ4n) is 1.95. The molecule has 0 aliphatic heterocycles. The molecule has 0 saturated carbocycles. The minimum absolute atomic E-state index is 0.145. The van der Waals surface area contributed by atoms with Gasteiger partial charge in [-0.05, 0) is 18.9 Å². The number of carbonyl (C=O) groups excluding carboxylic acids is 1. The maximum absolute atomic E-state index is 11.7. The van der Waals surface area contributed by atoms with E-state index in [0.29, 0.717) is 13.2 Å². The molecular formula is C15H19N3O2. The molecule has 0 unspecified atom stereocenters. The Morgan fingerprint density at radius 1 is 1.25 bits per heavy atom. The lowest BCUT2D eigenvalue weighted by molar-refractivity contribution is 0.0511. The number of aromatic nitrogens is 3. The Morgan fingerprint density at radius 3 is 2.65 bits per heavy atom. The molecule has 1 aromatic carbocycles. The second kappa shape index (κ2) is 6.84. The van der Waals surface area contributed by atoms with Crippen molar-refractivity contribution in [3.8, 4) is 0 Å². The smallest absolute Gasteiger partial charge is 0.378 e. The number of hydrogen-bond acceptors (Lipinski definition) is 4. The molecule has 0 aliphatic rings. The third-order valence-corrected chi connectivity index (χ3v) is 2.86. The first-order valence-corrected chi connectivity index (χ1v) is 6.89. The zero-order valence-electron chi connectivity index (χ0n) is 11.9. The van der Waals surface area contributed by atoms with E-state index in [1.54, 1.807) is 11.6 Å². The summed E-state index contributed by atoms with van der Waals surface area (Å²) in [5.41, 5.74) is 1.13. The van der Waals surface area contributed by atoms with Crippen LogP contribution in [0.1, 0.15) is 42.3 Å². The number of hydrogen-bond donors (Lipinski definition) is 0. The molecule has 2 rings (SSSR count). The third-order valence-electron chi connectivity index (χ3n) is 2.86. The molecule has 1 heterocycles. The van der Waals surface area contributed by atoms with Crippen molar-refractivity contribution in [2.75, 3.05) is 6.61 Å². The minimum atomic E-state index is -0.461. The molecule has 0 radical (unpaired) electrons. The molecule has 0 spiro atoms. The standard InChI is InChI=1S/C15H19N3O2/c1-3-8-13-16-14(15(19)20-4-2)17-18(13)11-12-9-6-5-7-10-12/h5-7,9-10H,3-4,8,11H2,1-2H3. The summed E-state index contributed by atoms with van der Waals surface area (Å²) < 4.78 is 6.73. The topological polar surface area (TPSA) is 57.0 Å². The lowest BCUT2D eigenvalue weighted by Crippen LogP contribution is -2.09. The quantitative estimate of drug-likeness (QED) is 0.759. The van der Waals surface area contributed by atoms with Crippen LogP contribution in [0, 0.1) is 0 Å². The van der Waals surface area contributed by atoms with Crippen LogP contribution >= 0.6 is 0 Å². The van der Waals surface area contributed by atoms with E-state index in [9.17, 15) is 4.79 Å². The molecule has 1 aromatic heterocycles. The van der Waals surface area contributed by atoms with E-state index >= 15 is 0 Å². The zero-order valence-corrected chi connectivity index (χ0v) is 11.9. The Labute approximate surface area is 118 Å². The molecule has 0 saturated heterocycles. The number of aryl methyl sites for hydroxylation is 1. The van der Waals surface area contributed by atoms with E-state index in [1.165, 1.54) is 0 Å².